The number of nitro benzene ring substituents is 1. The van der Waals surface area contributed by atoms with Crippen LogP contribution >= 0.6 is 0 Å². The van der Waals surface area contributed by atoms with Crippen LogP contribution in [0.5, 0.6) is 0 Å². The Morgan fingerprint density at radius 2 is 1.80 bits per heavy atom. The highest BCUT2D eigenvalue weighted by Crippen LogP contribution is 2.55. The first kappa shape index (κ1) is 19.7. The number of imide groups is 1. The second-order valence-corrected chi connectivity index (χ2v) is 7.11. The number of ether oxygens (including phenoxy) is 3. The van der Waals surface area contributed by atoms with Crippen LogP contribution in [0.2, 0.25) is 0 Å². The molecule has 1 aromatic carbocycles. The predicted octanol–water partition coefficient (Wildman–Crippen LogP) is 0.860. The third-order valence-electron chi connectivity index (χ3n) is 5.31. The molecule has 0 N–H and O–H groups in total. The molecular formula is C19H16N2O9. The molecule has 0 radical (unpaired) electrons. The van der Waals surface area contributed by atoms with Crippen molar-refractivity contribution < 1.29 is 38.3 Å². The van der Waals surface area contributed by atoms with Gasteiger partial charge in [-0.2, -0.15) is 0 Å². The van der Waals surface area contributed by atoms with Gasteiger partial charge in [-0.15, -0.1) is 0 Å². The van der Waals surface area contributed by atoms with E-state index in [0.717, 1.165) is 18.7 Å². The van der Waals surface area contributed by atoms with Crippen LogP contribution in [-0.2, 0) is 33.4 Å². The Labute approximate surface area is 169 Å². The molecule has 2 fully saturated rings. The molecule has 11 heteroatoms. The van der Waals surface area contributed by atoms with Crippen molar-refractivity contribution in [2.45, 2.75) is 31.8 Å². The topological polar surface area (TPSA) is 142 Å². The normalized spacial score (nSPS) is 28.8. The van der Waals surface area contributed by atoms with Gasteiger partial charge in [-0.3, -0.25) is 29.3 Å². The average Bonchev–Trinajstić information content (AvgIpc) is 3.31. The Bertz CT molecular complexity index is 1000. The van der Waals surface area contributed by atoms with E-state index in [1.807, 2.05) is 0 Å². The molecule has 0 saturated carbocycles. The van der Waals surface area contributed by atoms with E-state index in [1.165, 1.54) is 36.4 Å². The number of anilines is 1. The minimum absolute atomic E-state index is 0.169. The summed E-state index contributed by atoms with van der Waals surface area (Å²) in [5, 5.41) is 11.4. The Morgan fingerprint density at radius 3 is 2.40 bits per heavy atom. The lowest BCUT2D eigenvalue weighted by molar-refractivity contribution is -0.384. The van der Waals surface area contributed by atoms with Crippen LogP contribution in [0.25, 0.3) is 0 Å². The molecule has 1 aromatic rings. The van der Waals surface area contributed by atoms with E-state index in [4.69, 9.17) is 14.2 Å². The summed E-state index contributed by atoms with van der Waals surface area (Å²) in [6, 6.07) is 5.37. The molecule has 2 saturated heterocycles. The number of amides is 2. The summed E-state index contributed by atoms with van der Waals surface area (Å²) in [5.74, 6) is -5.21. The van der Waals surface area contributed by atoms with Gasteiger partial charge in [0.25, 0.3) is 12.0 Å². The van der Waals surface area contributed by atoms with Crippen LogP contribution in [0, 0.1) is 22.0 Å². The zero-order valence-corrected chi connectivity index (χ0v) is 15.8. The van der Waals surface area contributed by atoms with Gasteiger partial charge in [-0.05, 0) is 12.1 Å². The fourth-order valence-corrected chi connectivity index (χ4v) is 4.26. The highest BCUT2D eigenvalue weighted by molar-refractivity contribution is 6.24. The maximum absolute atomic E-state index is 13.3. The van der Waals surface area contributed by atoms with Gasteiger partial charge in [-0.25, -0.2) is 4.90 Å². The fourth-order valence-electron chi connectivity index (χ4n) is 4.26. The quantitative estimate of drug-likeness (QED) is 0.170. The second kappa shape index (κ2) is 6.73. The third kappa shape index (κ3) is 2.70. The summed E-state index contributed by atoms with van der Waals surface area (Å²) in [6.45, 7) is 2.19. The highest BCUT2D eigenvalue weighted by Gasteiger charge is 2.72. The third-order valence-corrected chi connectivity index (χ3v) is 5.31. The largest absolute Gasteiger partial charge is 0.422 e. The lowest BCUT2D eigenvalue weighted by Crippen LogP contribution is -2.52. The van der Waals surface area contributed by atoms with Crippen molar-refractivity contribution in [3.05, 3.63) is 46.5 Å². The van der Waals surface area contributed by atoms with E-state index in [1.54, 1.807) is 0 Å². The van der Waals surface area contributed by atoms with Crippen molar-refractivity contribution in [2.24, 2.45) is 11.8 Å². The molecule has 11 nitrogen and oxygen atoms in total. The SMILES string of the molecule is CC(=O)OC(OC(C)=O)[C@@]12C=C[C@H](O1)[C@H]1C(=O)N(c3ccccc3[N+](=O)[O-])C(=O)[C@@H]12. The van der Waals surface area contributed by atoms with Crippen LogP contribution in [-0.4, -0.2) is 46.7 Å². The van der Waals surface area contributed by atoms with Crippen LogP contribution in [0.1, 0.15) is 13.8 Å². The molecule has 3 aliphatic rings. The van der Waals surface area contributed by atoms with E-state index in [0.29, 0.717) is 0 Å². The van der Waals surface area contributed by atoms with Gasteiger partial charge in [0, 0.05) is 19.9 Å². The van der Waals surface area contributed by atoms with E-state index in [9.17, 15) is 29.3 Å². The molecule has 4 rings (SSSR count). The van der Waals surface area contributed by atoms with Gasteiger partial charge in [0.05, 0.1) is 22.9 Å². The predicted molar refractivity (Wildman–Crippen MR) is 96.6 cm³/mol. The maximum atomic E-state index is 13.3. The molecule has 0 aliphatic carbocycles. The van der Waals surface area contributed by atoms with Crippen LogP contribution < -0.4 is 4.90 Å². The first-order valence-electron chi connectivity index (χ1n) is 9.00. The van der Waals surface area contributed by atoms with Crippen molar-refractivity contribution in [3.63, 3.8) is 0 Å². The van der Waals surface area contributed by atoms with Gasteiger partial charge in [0.15, 0.2) is 5.60 Å². The van der Waals surface area contributed by atoms with Gasteiger partial charge < -0.3 is 14.2 Å². The number of carbonyl (C=O) groups excluding carboxylic acids is 4. The molecule has 0 unspecified atom stereocenters. The summed E-state index contributed by atoms with van der Waals surface area (Å²) < 4.78 is 16.1. The smallest absolute Gasteiger partial charge is 0.305 e. The second-order valence-electron chi connectivity index (χ2n) is 7.11. The number of hydrogen-bond acceptors (Lipinski definition) is 9. The number of hydrogen-bond donors (Lipinski definition) is 0. The van der Waals surface area contributed by atoms with Gasteiger partial charge in [0.2, 0.25) is 11.8 Å². The molecular weight excluding hydrogens is 400 g/mol. The number of nitro groups is 1. The van der Waals surface area contributed by atoms with Crippen LogP contribution in [0.4, 0.5) is 11.4 Å². The Balaban J connectivity index is 1.78. The number of carbonyl (C=O) groups is 4. The first-order valence-corrected chi connectivity index (χ1v) is 9.00. The molecule has 3 heterocycles. The highest BCUT2D eigenvalue weighted by atomic mass is 16.7. The first-order chi connectivity index (χ1) is 14.2. The Morgan fingerprint density at radius 1 is 1.17 bits per heavy atom. The van der Waals surface area contributed by atoms with E-state index >= 15 is 0 Å². The summed E-state index contributed by atoms with van der Waals surface area (Å²) in [7, 11) is 0. The van der Waals surface area contributed by atoms with Gasteiger partial charge in [0.1, 0.15) is 5.69 Å². The molecule has 4 atom stereocenters. The molecule has 3 aliphatic heterocycles. The van der Waals surface area contributed by atoms with Crippen LogP contribution in [0.15, 0.2) is 36.4 Å². The standard InChI is InChI=1S/C19H16N2O9/c1-9(22)28-18(29-10(2)23)19-8-7-13(30-19)14-15(19)17(25)20(16(14)24)11-5-3-4-6-12(11)21(26)27/h3-8,13-15,18H,1-2H3/t13-,14+,15+,19-/m0/s1. The number of nitrogens with zero attached hydrogens (tertiary/aromatic N) is 2. The summed E-state index contributed by atoms with van der Waals surface area (Å²) in [5.41, 5.74) is -2.29. The zero-order valence-electron chi connectivity index (χ0n) is 15.8. The van der Waals surface area contributed by atoms with E-state index in [-0.39, 0.29) is 5.69 Å². The fraction of sp³-hybridized carbons (Fsp3) is 0.368. The Hall–Kier alpha value is -3.60. The van der Waals surface area contributed by atoms with E-state index in [2.05, 4.69) is 0 Å². The van der Waals surface area contributed by atoms with Crippen molar-refractivity contribution in [3.8, 4) is 0 Å². The number of esters is 2. The minimum Gasteiger partial charge on any atom is -0.422 e. The van der Waals surface area contributed by atoms with Gasteiger partial charge in [-0.1, -0.05) is 18.2 Å². The number of fused-ring (bicyclic) bond motifs is 5. The van der Waals surface area contributed by atoms with Crippen molar-refractivity contribution >= 4 is 35.1 Å². The summed E-state index contributed by atoms with van der Waals surface area (Å²) in [6.07, 6.45) is 0.512. The molecule has 0 aromatic heterocycles. The number of para-hydroxylation sites is 2. The number of rotatable bonds is 5. The van der Waals surface area contributed by atoms with Crippen molar-refractivity contribution in [2.75, 3.05) is 4.90 Å². The lowest BCUT2D eigenvalue weighted by Gasteiger charge is -2.34. The van der Waals surface area contributed by atoms with E-state index < -0.39 is 64.2 Å². The summed E-state index contributed by atoms with van der Waals surface area (Å²) in [4.78, 5) is 61.1. The monoisotopic (exact) mass is 416 g/mol. The molecule has 0 spiro atoms. The summed E-state index contributed by atoms with van der Waals surface area (Å²) >= 11 is 0. The molecule has 156 valence electrons. The molecule has 2 amide bonds. The minimum atomic E-state index is -1.71. The lowest BCUT2D eigenvalue weighted by atomic mass is 9.76. The Kier molecular flexibility index (Phi) is 4.42. The zero-order chi connectivity index (χ0) is 21.8. The number of benzene rings is 1. The van der Waals surface area contributed by atoms with Crippen LogP contribution in [0.3, 0.4) is 0 Å². The van der Waals surface area contributed by atoms with Crippen molar-refractivity contribution in [1.82, 2.24) is 0 Å². The maximum Gasteiger partial charge on any atom is 0.305 e. The molecule has 30 heavy (non-hydrogen) atoms. The average molecular weight is 416 g/mol. The van der Waals surface area contributed by atoms with Gasteiger partial charge >= 0.3 is 11.9 Å². The molecule has 2 bridgehead atoms. The van der Waals surface area contributed by atoms with Crippen molar-refractivity contribution in [1.29, 1.82) is 0 Å².